The zero-order valence-electron chi connectivity index (χ0n) is 14.7. The fourth-order valence-electron chi connectivity index (χ4n) is 3.17. The van der Waals surface area contributed by atoms with Crippen molar-refractivity contribution in [1.82, 2.24) is 0 Å². The molecule has 0 saturated carbocycles. The maximum Gasteiger partial charge on any atom is 0.262 e. The van der Waals surface area contributed by atoms with E-state index < -0.39 is 0 Å². The Labute approximate surface area is 151 Å². The van der Waals surface area contributed by atoms with Crippen LogP contribution in [0.4, 0.5) is 5.69 Å². The third kappa shape index (κ3) is 3.26. The summed E-state index contributed by atoms with van der Waals surface area (Å²) in [6.45, 7) is 3.97. The number of ether oxygens (including phenoxy) is 1. The SMILES string of the molecule is Cc1cc(C)cc(OCC(=O)Nc2ccc3oc4ccccc4c3c2)c1. The van der Waals surface area contributed by atoms with Gasteiger partial charge in [0.2, 0.25) is 0 Å². The molecule has 26 heavy (non-hydrogen) atoms. The van der Waals surface area contributed by atoms with Crippen molar-refractivity contribution in [3.05, 3.63) is 71.8 Å². The van der Waals surface area contributed by atoms with Crippen molar-refractivity contribution in [1.29, 1.82) is 0 Å². The first-order valence-electron chi connectivity index (χ1n) is 8.51. The molecule has 0 bridgehead atoms. The summed E-state index contributed by atoms with van der Waals surface area (Å²) in [4.78, 5) is 12.2. The summed E-state index contributed by atoms with van der Waals surface area (Å²) in [7, 11) is 0. The lowest BCUT2D eigenvalue weighted by atomic mass is 10.1. The van der Waals surface area contributed by atoms with E-state index in [1.54, 1.807) is 0 Å². The normalized spacial score (nSPS) is 11.0. The Morgan fingerprint density at radius 3 is 2.46 bits per heavy atom. The van der Waals surface area contributed by atoms with Crippen LogP contribution in [-0.2, 0) is 4.79 Å². The molecule has 0 fully saturated rings. The first-order valence-corrected chi connectivity index (χ1v) is 8.51. The highest BCUT2D eigenvalue weighted by molar-refractivity contribution is 6.07. The topological polar surface area (TPSA) is 51.5 Å². The van der Waals surface area contributed by atoms with Crippen LogP contribution in [0, 0.1) is 13.8 Å². The number of hydrogen-bond donors (Lipinski definition) is 1. The largest absolute Gasteiger partial charge is 0.484 e. The highest BCUT2D eigenvalue weighted by atomic mass is 16.5. The second kappa shape index (κ2) is 6.56. The van der Waals surface area contributed by atoms with Gasteiger partial charge >= 0.3 is 0 Å². The quantitative estimate of drug-likeness (QED) is 0.552. The standard InChI is InChI=1S/C22H19NO3/c1-14-9-15(2)11-17(10-14)25-13-22(24)23-16-7-8-21-19(12-16)18-5-3-4-6-20(18)26-21/h3-12H,13H2,1-2H3,(H,23,24). The molecule has 0 unspecified atom stereocenters. The summed E-state index contributed by atoms with van der Waals surface area (Å²) < 4.78 is 11.4. The minimum atomic E-state index is -0.198. The third-order valence-electron chi connectivity index (χ3n) is 4.23. The van der Waals surface area contributed by atoms with E-state index in [1.165, 1.54) is 0 Å². The van der Waals surface area contributed by atoms with E-state index >= 15 is 0 Å². The van der Waals surface area contributed by atoms with Crippen molar-refractivity contribution in [3.63, 3.8) is 0 Å². The Morgan fingerprint density at radius 2 is 1.65 bits per heavy atom. The maximum absolute atomic E-state index is 12.2. The summed E-state index contributed by atoms with van der Waals surface area (Å²) in [6, 6.07) is 19.4. The predicted molar refractivity (Wildman–Crippen MR) is 104 cm³/mol. The molecule has 4 nitrogen and oxygen atoms in total. The fraction of sp³-hybridized carbons (Fsp3) is 0.136. The van der Waals surface area contributed by atoms with Gasteiger partial charge in [0.15, 0.2) is 6.61 Å². The third-order valence-corrected chi connectivity index (χ3v) is 4.23. The van der Waals surface area contributed by atoms with Gasteiger partial charge < -0.3 is 14.5 Å². The number of para-hydroxylation sites is 1. The molecule has 1 N–H and O–H groups in total. The van der Waals surface area contributed by atoms with Crippen LogP contribution in [0.1, 0.15) is 11.1 Å². The van der Waals surface area contributed by atoms with Crippen LogP contribution in [0.15, 0.2) is 65.1 Å². The first-order chi connectivity index (χ1) is 12.6. The molecule has 0 atom stereocenters. The van der Waals surface area contributed by atoms with Crippen LogP contribution in [-0.4, -0.2) is 12.5 Å². The second-order valence-corrected chi connectivity index (χ2v) is 6.47. The molecule has 1 amide bonds. The smallest absolute Gasteiger partial charge is 0.262 e. The van der Waals surface area contributed by atoms with E-state index in [0.717, 1.165) is 38.8 Å². The lowest BCUT2D eigenvalue weighted by Gasteiger charge is -2.09. The van der Waals surface area contributed by atoms with Crippen LogP contribution in [0.2, 0.25) is 0 Å². The summed E-state index contributed by atoms with van der Waals surface area (Å²) in [6.07, 6.45) is 0. The molecule has 0 aliphatic heterocycles. The van der Waals surface area contributed by atoms with Crippen LogP contribution in [0.3, 0.4) is 0 Å². The monoisotopic (exact) mass is 345 g/mol. The molecule has 0 spiro atoms. The van der Waals surface area contributed by atoms with Crippen molar-refractivity contribution in [2.75, 3.05) is 11.9 Å². The summed E-state index contributed by atoms with van der Waals surface area (Å²) in [5.41, 5.74) is 4.58. The van der Waals surface area contributed by atoms with Crippen LogP contribution < -0.4 is 10.1 Å². The van der Waals surface area contributed by atoms with E-state index in [0.29, 0.717) is 5.75 Å². The highest BCUT2D eigenvalue weighted by Crippen LogP contribution is 2.30. The number of nitrogens with one attached hydrogen (secondary N) is 1. The molecule has 0 aliphatic rings. The van der Waals surface area contributed by atoms with E-state index in [2.05, 4.69) is 11.4 Å². The molecular formula is C22H19NO3. The number of benzene rings is 3. The van der Waals surface area contributed by atoms with Gasteiger partial charge in [-0.2, -0.15) is 0 Å². The molecular weight excluding hydrogens is 326 g/mol. The number of rotatable bonds is 4. The number of furan rings is 1. The van der Waals surface area contributed by atoms with Gasteiger partial charge in [0.25, 0.3) is 5.91 Å². The van der Waals surface area contributed by atoms with E-state index in [-0.39, 0.29) is 12.5 Å². The average Bonchev–Trinajstić information content (AvgIpc) is 2.97. The summed E-state index contributed by atoms with van der Waals surface area (Å²) in [5.74, 6) is 0.505. The summed E-state index contributed by atoms with van der Waals surface area (Å²) in [5, 5.41) is 4.90. The van der Waals surface area contributed by atoms with Crippen molar-refractivity contribution in [2.45, 2.75) is 13.8 Å². The molecule has 130 valence electrons. The highest BCUT2D eigenvalue weighted by Gasteiger charge is 2.09. The number of amides is 1. The average molecular weight is 345 g/mol. The van der Waals surface area contributed by atoms with Gasteiger partial charge in [-0.15, -0.1) is 0 Å². The number of carbonyl (C=O) groups excluding carboxylic acids is 1. The van der Waals surface area contributed by atoms with Crippen LogP contribution >= 0.6 is 0 Å². The fourth-order valence-corrected chi connectivity index (χ4v) is 3.17. The minimum absolute atomic E-state index is 0.0347. The number of anilines is 1. The van der Waals surface area contributed by atoms with Gasteiger partial charge in [0.1, 0.15) is 16.9 Å². The molecule has 3 aromatic carbocycles. The Kier molecular flexibility index (Phi) is 4.09. The van der Waals surface area contributed by atoms with Crippen molar-refractivity contribution < 1.29 is 13.9 Å². The number of carbonyl (C=O) groups is 1. The van der Waals surface area contributed by atoms with Crippen molar-refractivity contribution in [3.8, 4) is 5.75 Å². The van der Waals surface area contributed by atoms with E-state index in [9.17, 15) is 4.79 Å². The van der Waals surface area contributed by atoms with E-state index in [1.807, 2.05) is 68.4 Å². The lowest BCUT2D eigenvalue weighted by molar-refractivity contribution is -0.118. The summed E-state index contributed by atoms with van der Waals surface area (Å²) >= 11 is 0. The molecule has 1 heterocycles. The Bertz CT molecular complexity index is 1090. The van der Waals surface area contributed by atoms with Gasteiger partial charge in [0, 0.05) is 16.5 Å². The number of fused-ring (bicyclic) bond motifs is 3. The van der Waals surface area contributed by atoms with Gasteiger partial charge in [-0.3, -0.25) is 4.79 Å². The minimum Gasteiger partial charge on any atom is -0.484 e. The molecule has 0 saturated heterocycles. The van der Waals surface area contributed by atoms with Crippen LogP contribution in [0.25, 0.3) is 21.9 Å². The van der Waals surface area contributed by atoms with Gasteiger partial charge in [-0.05, 0) is 61.4 Å². The Balaban J connectivity index is 1.49. The van der Waals surface area contributed by atoms with E-state index in [4.69, 9.17) is 9.15 Å². The molecule has 0 aliphatic carbocycles. The van der Waals surface area contributed by atoms with Gasteiger partial charge in [0.05, 0.1) is 0 Å². The molecule has 4 aromatic rings. The van der Waals surface area contributed by atoms with Gasteiger partial charge in [-0.1, -0.05) is 24.3 Å². The Hall–Kier alpha value is -3.27. The number of hydrogen-bond acceptors (Lipinski definition) is 3. The molecule has 4 rings (SSSR count). The first kappa shape index (κ1) is 16.2. The van der Waals surface area contributed by atoms with Crippen molar-refractivity contribution in [2.24, 2.45) is 0 Å². The number of aryl methyl sites for hydroxylation is 2. The lowest BCUT2D eigenvalue weighted by Crippen LogP contribution is -2.20. The zero-order chi connectivity index (χ0) is 18.1. The second-order valence-electron chi connectivity index (χ2n) is 6.47. The maximum atomic E-state index is 12.2. The molecule has 1 aromatic heterocycles. The van der Waals surface area contributed by atoms with Crippen molar-refractivity contribution >= 4 is 33.5 Å². The predicted octanol–water partition coefficient (Wildman–Crippen LogP) is 5.22. The zero-order valence-corrected chi connectivity index (χ0v) is 14.7. The van der Waals surface area contributed by atoms with Crippen LogP contribution in [0.5, 0.6) is 5.75 Å². The Morgan fingerprint density at radius 1 is 0.923 bits per heavy atom. The van der Waals surface area contributed by atoms with Gasteiger partial charge in [-0.25, -0.2) is 0 Å². The molecule has 4 heteroatoms. The molecule has 0 radical (unpaired) electrons.